The zero-order valence-electron chi connectivity index (χ0n) is 12.3. The quantitative estimate of drug-likeness (QED) is 0.757. The number of ether oxygens (including phenoxy) is 2. The number of anilines is 1. The molecule has 6 heteroatoms. The van der Waals surface area contributed by atoms with Crippen molar-refractivity contribution < 1.29 is 13.9 Å². The summed E-state index contributed by atoms with van der Waals surface area (Å²) in [6.45, 7) is 1.33. The normalized spacial score (nSPS) is 18.0. The molecule has 0 aliphatic carbocycles. The van der Waals surface area contributed by atoms with Crippen molar-refractivity contribution in [3.8, 4) is 17.4 Å². The maximum absolute atomic E-state index is 13.8. The summed E-state index contributed by atoms with van der Waals surface area (Å²) < 4.78 is 25.5. The van der Waals surface area contributed by atoms with E-state index >= 15 is 0 Å². The Morgan fingerprint density at radius 2 is 1.96 bits per heavy atom. The van der Waals surface area contributed by atoms with Crippen molar-refractivity contribution in [3.63, 3.8) is 0 Å². The van der Waals surface area contributed by atoms with E-state index in [2.05, 4.69) is 21.0 Å². The van der Waals surface area contributed by atoms with Gasteiger partial charge < -0.3 is 14.4 Å². The van der Waals surface area contributed by atoms with Crippen molar-refractivity contribution in [3.05, 3.63) is 48.3 Å². The van der Waals surface area contributed by atoms with Crippen molar-refractivity contribution >= 4 is 5.82 Å². The standard InChI is InChI=1S/C17H13FN3O2/c1-2-12-6-7-15(20-19-12)21-10-8-17(9-11-21)22-14-5-3-4-13(18)16(14)23-17/h3-7H,8-11H2. The lowest BCUT2D eigenvalue weighted by atomic mass is 10.0. The van der Waals surface area contributed by atoms with E-state index in [0.29, 0.717) is 37.4 Å². The molecule has 0 bridgehead atoms. The zero-order chi connectivity index (χ0) is 15.9. The summed E-state index contributed by atoms with van der Waals surface area (Å²) in [6.07, 6.45) is 8.22. The molecule has 1 fully saturated rings. The predicted octanol–water partition coefficient (Wildman–Crippen LogP) is 2.32. The van der Waals surface area contributed by atoms with Crippen LogP contribution in [-0.4, -0.2) is 29.1 Å². The van der Waals surface area contributed by atoms with Gasteiger partial charge >= 0.3 is 0 Å². The smallest absolute Gasteiger partial charge is 0.255 e. The van der Waals surface area contributed by atoms with E-state index in [0.717, 1.165) is 5.82 Å². The minimum absolute atomic E-state index is 0.201. The van der Waals surface area contributed by atoms with E-state index in [1.54, 1.807) is 18.2 Å². The maximum Gasteiger partial charge on any atom is 0.255 e. The SMILES string of the molecule is [C]#Cc1ccc(N2CCC3(CC2)Oc2cccc(F)c2O3)nn1. The minimum atomic E-state index is -0.795. The molecule has 0 amide bonds. The van der Waals surface area contributed by atoms with Crippen LogP contribution in [0.1, 0.15) is 18.5 Å². The highest BCUT2D eigenvalue weighted by atomic mass is 19.1. The summed E-state index contributed by atoms with van der Waals surface area (Å²) in [5.74, 6) is 2.40. The van der Waals surface area contributed by atoms with Crippen LogP contribution in [0.5, 0.6) is 11.5 Å². The number of nitrogens with zero attached hydrogens (tertiary/aromatic N) is 3. The molecule has 3 heterocycles. The van der Waals surface area contributed by atoms with Gasteiger partial charge in [-0.2, -0.15) is 0 Å². The van der Waals surface area contributed by atoms with Crippen LogP contribution in [0, 0.1) is 18.2 Å². The molecular formula is C17H13FN3O2. The molecule has 0 N–H and O–H groups in total. The van der Waals surface area contributed by atoms with Crippen LogP contribution in [0.3, 0.4) is 0 Å². The Balaban J connectivity index is 1.48. The second-order valence-corrected chi connectivity index (χ2v) is 5.57. The zero-order valence-corrected chi connectivity index (χ0v) is 12.3. The van der Waals surface area contributed by atoms with E-state index in [1.165, 1.54) is 6.07 Å². The Labute approximate surface area is 133 Å². The summed E-state index contributed by atoms with van der Waals surface area (Å²) in [4.78, 5) is 2.07. The molecule has 1 aromatic carbocycles. The van der Waals surface area contributed by atoms with E-state index < -0.39 is 11.6 Å². The number of fused-ring (bicyclic) bond motifs is 1. The lowest BCUT2D eigenvalue weighted by molar-refractivity contribution is -0.0970. The molecular weight excluding hydrogens is 297 g/mol. The van der Waals surface area contributed by atoms with E-state index in [1.807, 2.05) is 6.07 Å². The average Bonchev–Trinajstić information content (AvgIpc) is 2.95. The molecule has 1 aromatic heterocycles. The third kappa shape index (κ3) is 2.34. The van der Waals surface area contributed by atoms with Crippen LogP contribution in [0.25, 0.3) is 0 Å². The molecule has 1 spiro atoms. The van der Waals surface area contributed by atoms with Crippen LogP contribution in [0.4, 0.5) is 10.2 Å². The van der Waals surface area contributed by atoms with E-state index in [4.69, 9.17) is 15.9 Å². The highest BCUT2D eigenvalue weighted by Gasteiger charge is 2.45. The van der Waals surface area contributed by atoms with Gasteiger partial charge in [-0.1, -0.05) is 6.07 Å². The van der Waals surface area contributed by atoms with Crippen LogP contribution in [0.2, 0.25) is 0 Å². The highest BCUT2D eigenvalue weighted by Crippen LogP contribution is 2.45. The second kappa shape index (κ2) is 5.13. The number of benzene rings is 1. The van der Waals surface area contributed by atoms with Gasteiger partial charge in [0.1, 0.15) is 5.69 Å². The van der Waals surface area contributed by atoms with Gasteiger partial charge in [-0.25, -0.2) is 4.39 Å². The summed E-state index contributed by atoms with van der Waals surface area (Å²) in [7, 11) is 0. The molecule has 0 atom stereocenters. The highest BCUT2D eigenvalue weighted by molar-refractivity contribution is 5.45. The molecule has 2 aromatic rings. The third-order valence-corrected chi connectivity index (χ3v) is 4.14. The Hall–Kier alpha value is -2.81. The first kappa shape index (κ1) is 13.8. The largest absolute Gasteiger partial charge is 0.448 e. The van der Waals surface area contributed by atoms with Gasteiger partial charge in [-0.05, 0) is 36.6 Å². The molecule has 5 nitrogen and oxygen atoms in total. The Kier molecular flexibility index (Phi) is 3.08. The van der Waals surface area contributed by atoms with Gasteiger partial charge in [0.2, 0.25) is 5.75 Å². The number of aromatic nitrogens is 2. The monoisotopic (exact) mass is 310 g/mol. The van der Waals surface area contributed by atoms with Crippen molar-refractivity contribution in [1.29, 1.82) is 0 Å². The fourth-order valence-corrected chi connectivity index (χ4v) is 2.92. The fraction of sp³-hybridized carbons (Fsp3) is 0.294. The Bertz CT molecular complexity index is 777. The van der Waals surface area contributed by atoms with Gasteiger partial charge in [0, 0.05) is 25.9 Å². The first-order valence-corrected chi connectivity index (χ1v) is 7.37. The molecule has 1 radical (unpaired) electrons. The van der Waals surface area contributed by atoms with Gasteiger partial charge in [-0.15, -0.1) is 10.2 Å². The topological polar surface area (TPSA) is 47.5 Å². The summed E-state index contributed by atoms with van der Waals surface area (Å²) in [5.41, 5.74) is 0.399. The molecule has 0 unspecified atom stereocenters. The molecule has 4 rings (SSSR count). The van der Waals surface area contributed by atoms with Crippen molar-refractivity contribution in [2.24, 2.45) is 0 Å². The summed E-state index contributed by atoms with van der Waals surface area (Å²) in [6, 6.07) is 8.22. The lowest BCUT2D eigenvalue weighted by Gasteiger charge is -2.37. The van der Waals surface area contributed by atoms with Crippen LogP contribution in [-0.2, 0) is 0 Å². The number of halogens is 1. The predicted molar refractivity (Wildman–Crippen MR) is 80.1 cm³/mol. The van der Waals surface area contributed by atoms with Crippen LogP contribution < -0.4 is 14.4 Å². The van der Waals surface area contributed by atoms with Gasteiger partial charge in [-0.3, -0.25) is 0 Å². The first-order valence-electron chi connectivity index (χ1n) is 7.37. The van der Waals surface area contributed by atoms with Crippen molar-refractivity contribution in [2.75, 3.05) is 18.0 Å². The average molecular weight is 310 g/mol. The summed E-state index contributed by atoms with van der Waals surface area (Å²) >= 11 is 0. The number of hydrogen-bond donors (Lipinski definition) is 0. The Morgan fingerprint density at radius 1 is 1.13 bits per heavy atom. The second-order valence-electron chi connectivity index (χ2n) is 5.57. The van der Waals surface area contributed by atoms with Gasteiger partial charge in [0.05, 0.1) is 0 Å². The number of para-hydroxylation sites is 1. The Morgan fingerprint density at radius 3 is 2.61 bits per heavy atom. The molecule has 1 saturated heterocycles. The number of rotatable bonds is 1. The molecule has 2 aliphatic heterocycles. The fourth-order valence-electron chi connectivity index (χ4n) is 2.92. The van der Waals surface area contributed by atoms with Gasteiger partial charge in [0.15, 0.2) is 17.4 Å². The van der Waals surface area contributed by atoms with Crippen molar-refractivity contribution in [1.82, 2.24) is 10.2 Å². The van der Waals surface area contributed by atoms with E-state index in [9.17, 15) is 4.39 Å². The summed E-state index contributed by atoms with van der Waals surface area (Å²) in [5, 5.41) is 8.00. The minimum Gasteiger partial charge on any atom is -0.448 e. The van der Waals surface area contributed by atoms with E-state index in [-0.39, 0.29) is 5.75 Å². The number of piperidine rings is 1. The molecule has 2 aliphatic rings. The molecule has 0 saturated carbocycles. The first-order chi connectivity index (χ1) is 11.2. The molecule has 115 valence electrons. The molecule has 23 heavy (non-hydrogen) atoms. The van der Waals surface area contributed by atoms with Crippen molar-refractivity contribution in [2.45, 2.75) is 18.6 Å². The third-order valence-electron chi connectivity index (χ3n) is 4.14. The van der Waals surface area contributed by atoms with Crippen LogP contribution >= 0.6 is 0 Å². The number of hydrogen-bond acceptors (Lipinski definition) is 5. The lowest BCUT2D eigenvalue weighted by Crippen LogP contribution is -2.50. The van der Waals surface area contributed by atoms with Gasteiger partial charge in [0.25, 0.3) is 5.79 Å². The maximum atomic E-state index is 13.8. The van der Waals surface area contributed by atoms with Crippen LogP contribution in [0.15, 0.2) is 30.3 Å².